The van der Waals surface area contributed by atoms with Gasteiger partial charge in [-0.25, -0.2) is 0 Å². The van der Waals surface area contributed by atoms with Gasteiger partial charge < -0.3 is 15.0 Å². The van der Waals surface area contributed by atoms with E-state index in [1.54, 1.807) is 0 Å². The second-order valence-corrected chi connectivity index (χ2v) is 4.95. The number of ether oxygens (including phenoxy) is 1. The molecule has 0 unspecified atom stereocenters. The van der Waals surface area contributed by atoms with Crippen LogP contribution in [0.3, 0.4) is 0 Å². The highest BCUT2D eigenvalue weighted by Gasteiger charge is 2.14. The molecule has 0 atom stereocenters. The fraction of sp³-hybridized carbons (Fsp3) is 0.375. The maximum absolute atomic E-state index is 5.62. The van der Waals surface area contributed by atoms with Crippen LogP contribution in [-0.2, 0) is 0 Å². The summed E-state index contributed by atoms with van der Waals surface area (Å²) in [6, 6.07) is 6.29. The van der Waals surface area contributed by atoms with Crippen molar-refractivity contribution in [2.75, 3.05) is 19.7 Å². The molecule has 100 valence electrons. The summed E-state index contributed by atoms with van der Waals surface area (Å²) >= 11 is 0. The summed E-state index contributed by atoms with van der Waals surface area (Å²) in [6.45, 7) is 6.90. The van der Waals surface area contributed by atoms with Crippen molar-refractivity contribution in [3.05, 3.63) is 35.5 Å². The normalized spacial score (nSPS) is 15.6. The zero-order chi connectivity index (χ0) is 13.2. The quantitative estimate of drug-likeness (QED) is 0.884. The summed E-state index contributed by atoms with van der Waals surface area (Å²) in [5.41, 5.74) is 5.24. The second kappa shape index (κ2) is 5.10. The smallest absolute Gasteiger partial charge is 0.120 e. The Labute approximate surface area is 113 Å². The average Bonchev–Trinajstić information content (AvgIpc) is 2.75. The lowest BCUT2D eigenvalue weighted by Gasteiger charge is -2.14. The van der Waals surface area contributed by atoms with Gasteiger partial charge in [0, 0.05) is 28.7 Å². The van der Waals surface area contributed by atoms with Crippen molar-refractivity contribution >= 4 is 16.5 Å². The molecule has 0 amide bonds. The zero-order valence-corrected chi connectivity index (χ0v) is 11.5. The van der Waals surface area contributed by atoms with Crippen molar-refractivity contribution in [1.82, 2.24) is 10.3 Å². The molecule has 0 saturated carbocycles. The number of fused-ring (bicyclic) bond motifs is 1. The monoisotopic (exact) mass is 256 g/mol. The molecule has 3 nitrogen and oxygen atoms in total. The van der Waals surface area contributed by atoms with Crippen LogP contribution < -0.4 is 10.1 Å². The van der Waals surface area contributed by atoms with Gasteiger partial charge in [0.15, 0.2) is 0 Å². The molecule has 2 heterocycles. The van der Waals surface area contributed by atoms with E-state index in [0.717, 1.165) is 25.3 Å². The third-order valence-electron chi connectivity index (χ3n) is 3.65. The molecule has 3 heteroatoms. The van der Waals surface area contributed by atoms with E-state index in [4.69, 9.17) is 4.74 Å². The van der Waals surface area contributed by atoms with Gasteiger partial charge in [-0.3, -0.25) is 0 Å². The van der Waals surface area contributed by atoms with E-state index in [0.29, 0.717) is 6.61 Å². The van der Waals surface area contributed by atoms with Gasteiger partial charge in [-0.15, -0.1) is 0 Å². The maximum Gasteiger partial charge on any atom is 0.120 e. The first-order valence-corrected chi connectivity index (χ1v) is 6.95. The highest BCUT2D eigenvalue weighted by Crippen LogP contribution is 2.33. The van der Waals surface area contributed by atoms with Crippen LogP contribution in [0.15, 0.2) is 24.3 Å². The fourth-order valence-electron chi connectivity index (χ4n) is 2.83. The zero-order valence-electron chi connectivity index (χ0n) is 11.5. The topological polar surface area (TPSA) is 37.0 Å². The first-order chi connectivity index (χ1) is 9.29. The Morgan fingerprint density at radius 1 is 1.32 bits per heavy atom. The Bertz CT molecular complexity index is 625. The van der Waals surface area contributed by atoms with Crippen LogP contribution >= 0.6 is 0 Å². The molecular weight excluding hydrogens is 236 g/mol. The van der Waals surface area contributed by atoms with E-state index in [2.05, 4.69) is 35.4 Å². The molecule has 1 aromatic heterocycles. The molecule has 1 aromatic carbocycles. The Morgan fingerprint density at radius 3 is 2.95 bits per heavy atom. The van der Waals surface area contributed by atoms with Crippen molar-refractivity contribution in [3.63, 3.8) is 0 Å². The van der Waals surface area contributed by atoms with Crippen molar-refractivity contribution in [3.8, 4) is 5.75 Å². The standard InChI is InChI=1S/C16H20N2O/c1-3-19-13-4-5-15-14(10-13)16(11(2)18-15)12-6-8-17-9-7-12/h4-6,10,17-18H,3,7-9H2,1-2H3. The van der Waals surface area contributed by atoms with Crippen molar-refractivity contribution in [1.29, 1.82) is 0 Å². The van der Waals surface area contributed by atoms with Crippen LogP contribution in [0, 0.1) is 6.92 Å². The van der Waals surface area contributed by atoms with Gasteiger partial charge in [-0.05, 0) is 50.6 Å². The lowest BCUT2D eigenvalue weighted by Crippen LogP contribution is -2.20. The number of aryl methyl sites for hydroxylation is 1. The van der Waals surface area contributed by atoms with Crippen molar-refractivity contribution in [2.45, 2.75) is 20.3 Å². The summed E-state index contributed by atoms with van der Waals surface area (Å²) in [5.74, 6) is 0.949. The van der Waals surface area contributed by atoms with E-state index < -0.39 is 0 Å². The number of benzene rings is 1. The molecule has 1 aliphatic heterocycles. The van der Waals surface area contributed by atoms with Crippen LogP contribution in [0.2, 0.25) is 0 Å². The number of aromatic nitrogens is 1. The van der Waals surface area contributed by atoms with Gasteiger partial charge >= 0.3 is 0 Å². The van der Waals surface area contributed by atoms with Gasteiger partial charge in [0.1, 0.15) is 5.75 Å². The molecule has 3 rings (SSSR count). The van der Waals surface area contributed by atoms with Gasteiger partial charge in [0.2, 0.25) is 0 Å². The highest BCUT2D eigenvalue weighted by atomic mass is 16.5. The second-order valence-electron chi connectivity index (χ2n) is 4.95. The van der Waals surface area contributed by atoms with Crippen LogP contribution in [0.4, 0.5) is 0 Å². The van der Waals surface area contributed by atoms with Crippen LogP contribution in [-0.4, -0.2) is 24.7 Å². The van der Waals surface area contributed by atoms with Gasteiger partial charge in [-0.1, -0.05) is 6.08 Å². The first-order valence-electron chi connectivity index (χ1n) is 6.95. The Balaban J connectivity index is 2.13. The summed E-state index contributed by atoms with van der Waals surface area (Å²) in [6.07, 6.45) is 3.39. The lowest BCUT2D eigenvalue weighted by atomic mass is 9.97. The molecule has 0 aliphatic carbocycles. The molecular formula is C16H20N2O. The first kappa shape index (κ1) is 12.3. The number of nitrogens with one attached hydrogen (secondary N) is 2. The molecule has 19 heavy (non-hydrogen) atoms. The molecule has 0 bridgehead atoms. The molecule has 2 aromatic rings. The summed E-state index contributed by atoms with van der Waals surface area (Å²) < 4.78 is 5.62. The Kier molecular flexibility index (Phi) is 3.30. The number of rotatable bonds is 3. The molecule has 0 fully saturated rings. The number of H-pyrrole nitrogens is 1. The van der Waals surface area contributed by atoms with Gasteiger partial charge in [0.25, 0.3) is 0 Å². The number of hydrogen-bond donors (Lipinski definition) is 2. The fourth-order valence-corrected chi connectivity index (χ4v) is 2.83. The van der Waals surface area contributed by atoms with Crippen LogP contribution in [0.1, 0.15) is 24.6 Å². The van der Waals surface area contributed by atoms with Crippen LogP contribution in [0.25, 0.3) is 16.5 Å². The minimum absolute atomic E-state index is 0.705. The molecule has 0 radical (unpaired) electrons. The Morgan fingerprint density at radius 2 is 2.21 bits per heavy atom. The van der Waals surface area contributed by atoms with E-state index in [1.165, 1.54) is 27.7 Å². The largest absolute Gasteiger partial charge is 0.494 e. The van der Waals surface area contributed by atoms with Gasteiger partial charge in [0.05, 0.1) is 6.61 Å². The Hall–Kier alpha value is -1.74. The van der Waals surface area contributed by atoms with E-state index in [1.807, 2.05) is 13.0 Å². The minimum atomic E-state index is 0.705. The molecule has 2 N–H and O–H groups in total. The predicted molar refractivity (Wildman–Crippen MR) is 79.7 cm³/mol. The molecule has 1 aliphatic rings. The lowest BCUT2D eigenvalue weighted by molar-refractivity contribution is 0.341. The summed E-state index contributed by atoms with van der Waals surface area (Å²) in [4.78, 5) is 3.48. The SMILES string of the molecule is CCOc1ccc2[nH]c(C)c(C3=CCNCC3)c2c1. The van der Waals surface area contributed by atoms with Crippen LogP contribution in [0.5, 0.6) is 5.75 Å². The van der Waals surface area contributed by atoms with E-state index in [9.17, 15) is 0 Å². The summed E-state index contributed by atoms with van der Waals surface area (Å²) in [5, 5.41) is 4.64. The van der Waals surface area contributed by atoms with Crippen molar-refractivity contribution < 1.29 is 4.74 Å². The minimum Gasteiger partial charge on any atom is -0.494 e. The third-order valence-corrected chi connectivity index (χ3v) is 3.65. The number of hydrogen-bond acceptors (Lipinski definition) is 2. The van der Waals surface area contributed by atoms with Gasteiger partial charge in [-0.2, -0.15) is 0 Å². The molecule has 0 saturated heterocycles. The third kappa shape index (κ3) is 2.26. The maximum atomic E-state index is 5.62. The van der Waals surface area contributed by atoms with E-state index >= 15 is 0 Å². The average molecular weight is 256 g/mol. The predicted octanol–water partition coefficient (Wildman–Crippen LogP) is 3.25. The summed E-state index contributed by atoms with van der Waals surface area (Å²) in [7, 11) is 0. The molecule has 0 spiro atoms. The van der Waals surface area contributed by atoms with Crippen molar-refractivity contribution in [2.24, 2.45) is 0 Å². The number of aromatic amines is 1. The highest BCUT2D eigenvalue weighted by molar-refractivity contribution is 5.95. The van der Waals surface area contributed by atoms with E-state index in [-0.39, 0.29) is 0 Å².